The zero-order chi connectivity index (χ0) is 12.3. The van der Waals surface area contributed by atoms with Crippen LogP contribution in [0.3, 0.4) is 0 Å². The Bertz CT molecular complexity index is 621. The van der Waals surface area contributed by atoms with Gasteiger partial charge in [-0.3, -0.25) is 0 Å². The summed E-state index contributed by atoms with van der Waals surface area (Å²) in [6.45, 7) is 0. The molecule has 0 atom stereocenters. The fourth-order valence-electron chi connectivity index (χ4n) is 2.78. The smallest absolute Gasteiger partial charge is 0.112 e. The van der Waals surface area contributed by atoms with Gasteiger partial charge in [-0.2, -0.15) is 0 Å². The maximum absolute atomic E-state index is 9.99. The molecule has 1 aromatic heterocycles. The summed E-state index contributed by atoms with van der Waals surface area (Å²) < 4.78 is 2.22. The predicted octanol–water partition coefficient (Wildman–Crippen LogP) is 2.52. The van der Waals surface area contributed by atoms with Crippen molar-refractivity contribution in [1.29, 1.82) is 0 Å². The fraction of sp³-hybridized carbons (Fsp3) is 0.533. The summed E-state index contributed by atoms with van der Waals surface area (Å²) in [6.07, 6.45) is 5.23. The van der Waals surface area contributed by atoms with E-state index in [1.807, 2.05) is 0 Å². The number of nitrogens with zero attached hydrogens (tertiary/aromatic N) is 2. The largest absolute Gasteiger partial charge is 0.390 e. The lowest BCUT2D eigenvalue weighted by Gasteiger charge is -2.07. The summed E-state index contributed by atoms with van der Waals surface area (Å²) in [5.41, 5.74) is 3.09. The summed E-state index contributed by atoms with van der Waals surface area (Å²) in [5, 5.41) is 9.99. The van der Waals surface area contributed by atoms with Gasteiger partial charge in [-0.05, 0) is 43.4 Å². The van der Waals surface area contributed by atoms with Gasteiger partial charge in [0.15, 0.2) is 0 Å². The van der Waals surface area contributed by atoms with Crippen molar-refractivity contribution in [2.75, 3.05) is 0 Å². The number of fused-ring (bicyclic) bond motifs is 1. The van der Waals surface area contributed by atoms with E-state index in [-0.39, 0.29) is 0 Å². The zero-order valence-corrected chi connectivity index (χ0v) is 10.7. The Labute approximate surface area is 106 Å². The molecule has 1 heterocycles. The molecule has 94 valence electrons. The molecule has 2 aliphatic carbocycles. The molecule has 0 amide bonds. The van der Waals surface area contributed by atoms with Gasteiger partial charge in [0, 0.05) is 19.4 Å². The number of aliphatic hydroxyl groups is 1. The molecule has 2 saturated carbocycles. The van der Waals surface area contributed by atoms with E-state index in [0.717, 1.165) is 24.8 Å². The van der Waals surface area contributed by atoms with Gasteiger partial charge in [-0.25, -0.2) is 4.98 Å². The minimum absolute atomic E-state index is 0.415. The first-order chi connectivity index (χ1) is 8.65. The molecule has 1 aromatic carbocycles. The van der Waals surface area contributed by atoms with E-state index in [0.29, 0.717) is 5.92 Å². The average molecular weight is 242 g/mol. The van der Waals surface area contributed by atoms with Crippen molar-refractivity contribution in [2.45, 2.75) is 43.6 Å². The lowest BCUT2D eigenvalue weighted by molar-refractivity contribution is 0.151. The lowest BCUT2D eigenvalue weighted by atomic mass is 10.1. The van der Waals surface area contributed by atoms with Crippen LogP contribution in [-0.4, -0.2) is 20.3 Å². The SMILES string of the molecule is Cn1c(C2CC2)nc2cc(CC3(O)CC3)ccc21. The van der Waals surface area contributed by atoms with Crippen LogP contribution in [0.5, 0.6) is 0 Å². The second kappa shape index (κ2) is 3.35. The Morgan fingerprint density at radius 2 is 2.17 bits per heavy atom. The number of hydrogen-bond donors (Lipinski definition) is 1. The fourth-order valence-corrected chi connectivity index (χ4v) is 2.78. The first kappa shape index (κ1) is 10.6. The highest BCUT2D eigenvalue weighted by Crippen LogP contribution is 2.41. The topological polar surface area (TPSA) is 38.0 Å². The number of aromatic nitrogens is 2. The molecule has 2 aromatic rings. The molecular formula is C15H18N2O. The monoisotopic (exact) mass is 242 g/mol. The van der Waals surface area contributed by atoms with E-state index in [1.54, 1.807) is 0 Å². The Kier molecular flexibility index (Phi) is 1.97. The number of rotatable bonds is 3. The second-order valence-corrected chi connectivity index (χ2v) is 6.03. The molecule has 0 radical (unpaired) electrons. The molecule has 0 saturated heterocycles. The van der Waals surface area contributed by atoms with Crippen molar-refractivity contribution in [3.05, 3.63) is 29.6 Å². The van der Waals surface area contributed by atoms with Gasteiger partial charge in [0.1, 0.15) is 5.82 Å². The minimum atomic E-state index is -0.415. The van der Waals surface area contributed by atoms with Crippen molar-refractivity contribution in [3.8, 4) is 0 Å². The standard InChI is InChI=1S/C15H18N2O/c1-17-13-5-2-10(9-15(18)6-7-15)8-12(13)16-14(17)11-3-4-11/h2,5,8,11,18H,3-4,6-7,9H2,1H3. The van der Waals surface area contributed by atoms with Gasteiger partial charge in [-0.1, -0.05) is 6.07 Å². The highest BCUT2D eigenvalue weighted by molar-refractivity contribution is 5.77. The molecule has 0 bridgehead atoms. The van der Waals surface area contributed by atoms with Crippen LogP contribution in [0.25, 0.3) is 11.0 Å². The molecule has 2 aliphatic rings. The highest BCUT2D eigenvalue weighted by atomic mass is 16.3. The van der Waals surface area contributed by atoms with Gasteiger partial charge in [-0.15, -0.1) is 0 Å². The first-order valence-electron chi connectivity index (χ1n) is 6.82. The molecule has 0 unspecified atom stereocenters. The Hall–Kier alpha value is -1.35. The summed E-state index contributed by atoms with van der Waals surface area (Å²) in [5.74, 6) is 1.91. The maximum atomic E-state index is 9.99. The number of imidazole rings is 1. The summed E-state index contributed by atoms with van der Waals surface area (Å²) >= 11 is 0. The molecule has 2 fully saturated rings. The normalized spacial score (nSPS) is 21.4. The second-order valence-electron chi connectivity index (χ2n) is 6.03. The molecule has 1 N–H and O–H groups in total. The van der Waals surface area contributed by atoms with E-state index < -0.39 is 5.60 Å². The molecule has 0 aliphatic heterocycles. The number of benzene rings is 1. The van der Waals surface area contributed by atoms with Crippen molar-refractivity contribution in [3.63, 3.8) is 0 Å². The highest BCUT2D eigenvalue weighted by Gasteiger charge is 2.40. The third-order valence-corrected chi connectivity index (χ3v) is 4.28. The van der Waals surface area contributed by atoms with Crippen molar-refractivity contribution < 1.29 is 5.11 Å². The van der Waals surface area contributed by atoms with Gasteiger partial charge in [0.2, 0.25) is 0 Å². The summed E-state index contributed by atoms with van der Waals surface area (Å²) in [7, 11) is 2.11. The van der Waals surface area contributed by atoms with Crippen LogP contribution in [0.15, 0.2) is 18.2 Å². The van der Waals surface area contributed by atoms with Gasteiger partial charge in [0.25, 0.3) is 0 Å². The van der Waals surface area contributed by atoms with Crippen LogP contribution in [0.1, 0.15) is 43.0 Å². The number of hydrogen-bond acceptors (Lipinski definition) is 2. The van der Waals surface area contributed by atoms with Crippen LogP contribution in [-0.2, 0) is 13.5 Å². The Morgan fingerprint density at radius 1 is 1.39 bits per heavy atom. The molecule has 3 nitrogen and oxygen atoms in total. The van der Waals surface area contributed by atoms with E-state index in [9.17, 15) is 5.11 Å². The molecule has 4 rings (SSSR count). The van der Waals surface area contributed by atoms with Crippen LogP contribution < -0.4 is 0 Å². The van der Waals surface area contributed by atoms with E-state index >= 15 is 0 Å². The molecule has 3 heteroatoms. The van der Waals surface area contributed by atoms with Crippen LogP contribution in [0, 0.1) is 0 Å². The van der Waals surface area contributed by atoms with Gasteiger partial charge >= 0.3 is 0 Å². The summed E-state index contributed by atoms with van der Waals surface area (Å²) in [4.78, 5) is 4.77. The average Bonchev–Trinajstić information content (AvgIpc) is 3.24. The Balaban J connectivity index is 1.75. The molecular weight excluding hydrogens is 224 g/mol. The summed E-state index contributed by atoms with van der Waals surface area (Å²) in [6, 6.07) is 6.43. The van der Waals surface area contributed by atoms with E-state index in [1.165, 1.54) is 29.7 Å². The predicted molar refractivity (Wildman–Crippen MR) is 70.6 cm³/mol. The van der Waals surface area contributed by atoms with Crippen molar-refractivity contribution in [2.24, 2.45) is 7.05 Å². The third kappa shape index (κ3) is 1.65. The minimum Gasteiger partial charge on any atom is -0.390 e. The van der Waals surface area contributed by atoms with Crippen LogP contribution >= 0.6 is 0 Å². The lowest BCUT2D eigenvalue weighted by Crippen LogP contribution is -2.10. The third-order valence-electron chi connectivity index (χ3n) is 4.28. The zero-order valence-electron chi connectivity index (χ0n) is 10.7. The van der Waals surface area contributed by atoms with Gasteiger partial charge in [0.05, 0.1) is 16.6 Å². The van der Waals surface area contributed by atoms with Crippen molar-refractivity contribution in [1.82, 2.24) is 9.55 Å². The van der Waals surface area contributed by atoms with Gasteiger partial charge < -0.3 is 9.67 Å². The Morgan fingerprint density at radius 3 is 2.83 bits per heavy atom. The van der Waals surface area contributed by atoms with Crippen LogP contribution in [0.4, 0.5) is 0 Å². The van der Waals surface area contributed by atoms with Crippen LogP contribution in [0.2, 0.25) is 0 Å². The molecule has 0 spiro atoms. The molecule has 18 heavy (non-hydrogen) atoms. The quantitative estimate of drug-likeness (QED) is 0.898. The van der Waals surface area contributed by atoms with E-state index in [2.05, 4.69) is 29.8 Å². The number of aryl methyl sites for hydroxylation is 1. The van der Waals surface area contributed by atoms with E-state index in [4.69, 9.17) is 4.98 Å². The first-order valence-corrected chi connectivity index (χ1v) is 6.82. The van der Waals surface area contributed by atoms with Crippen molar-refractivity contribution >= 4 is 11.0 Å². The maximum Gasteiger partial charge on any atom is 0.112 e.